The van der Waals surface area contributed by atoms with Crippen LogP contribution in [0.2, 0.25) is 0 Å². The Kier molecular flexibility index (Phi) is 5.28. The second-order valence-corrected chi connectivity index (χ2v) is 8.75. The van der Waals surface area contributed by atoms with Crippen LogP contribution in [0.3, 0.4) is 0 Å². The fourth-order valence-corrected chi connectivity index (χ4v) is 4.80. The zero-order valence-corrected chi connectivity index (χ0v) is 19.4. The molecule has 1 N–H and O–H groups in total. The summed E-state index contributed by atoms with van der Waals surface area (Å²) in [7, 11) is 0. The van der Waals surface area contributed by atoms with Gasteiger partial charge < -0.3 is 10.2 Å². The van der Waals surface area contributed by atoms with Crippen molar-refractivity contribution in [1.29, 1.82) is 0 Å². The summed E-state index contributed by atoms with van der Waals surface area (Å²) in [4.78, 5) is 42.4. The Labute approximate surface area is 198 Å². The summed E-state index contributed by atoms with van der Waals surface area (Å²) in [6.07, 6.45) is 0.805. The summed E-state index contributed by atoms with van der Waals surface area (Å²) in [5, 5.41) is 2.74. The average Bonchev–Trinajstić information content (AvgIpc) is 3.33. The molecule has 0 aromatic heterocycles. The second-order valence-electron chi connectivity index (χ2n) is 8.75. The van der Waals surface area contributed by atoms with E-state index in [4.69, 9.17) is 0 Å². The standard InChI is InChI=1S/C28H25N3O3/c1-17-8-13-23(18(2)16-17)31-27(33)25(21-9-11-22(12-10-21)29-19(3)32)26(28(31)34)30-15-14-20-6-4-5-7-24(20)30/h4-13,16H,14-15H2,1-3H3,(H,29,32). The monoisotopic (exact) mass is 451 g/mol. The van der Waals surface area contributed by atoms with Crippen LogP contribution in [0.25, 0.3) is 5.57 Å². The Morgan fingerprint density at radius 1 is 0.882 bits per heavy atom. The summed E-state index contributed by atoms with van der Waals surface area (Å²) in [6.45, 7) is 5.97. The van der Waals surface area contributed by atoms with Gasteiger partial charge in [0.15, 0.2) is 0 Å². The maximum Gasteiger partial charge on any atom is 0.282 e. The van der Waals surface area contributed by atoms with Crippen LogP contribution in [0.1, 0.15) is 29.2 Å². The van der Waals surface area contributed by atoms with Crippen LogP contribution >= 0.6 is 0 Å². The number of hydrogen-bond donors (Lipinski definition) is 1. The number of hydrogen-bond acceptors (Lipinski definition) is 4. The molecule has 6 nitrogen and oxygen atoms in total. The number of imide groups is 1. The fraction of sp³-hybridized carbons (Fsp3) is 0.179. The van der Waals surface area contributed by atoms with Gasteiger partial charge in [-0.1, -0.05) is 48.0 Å². The predicted molar refractivity (Wildman–Crippen MR) is 134 cm³/mol. The number of carbonyl (C=O) groups excluding carboxylic acids is 3. The Morgan fingerprint density at radius 2 is 1.62 bits per heavy atom. The first-order chi connectivity index (χ1) is 16.3. The molecule has 0 bridgehead atoms. The molecular weight excluding hydrogens is 426 g/mol. The van der Waals surface area contributed by atoms with Crippen LogP contribution in [-0.4, -0.2) is 24.3 Å². The van der Waals surface area contributed by atoms with Crippen molar-refractivity contribution < 1.29 is 14.4 Å². The van der Waals surface area contributed by atoms with Crippen LogP contribution in [-0.2, 0) is 20.8 Å². The number of carbonyl (C=O) groups is 3. The van der Waals surface area contributed by atoms with E-state index < -0.39 is 0 Å². The van der Waals surface area contributed by atoms with Gasteiger partial charge in [0, 0.05) is 24.8 Å². The molecule has 2 aliphatic heterocycles. The molecule has 0 spiro atoms. The molecule has 6 heteroatoms. The number of anilines is 3. The maximum absolute atomic E-state index is 13.9. The Balaban J connectivity index is 1.65. The highest BCUT2D eigenvalue weighted by Crippen LogP contribution is 2.40. The summed E-state index contributed by atoms with van der Waals surface area (Å²) in [5.74, 6) is -0.840. The van der Waals surface area contributed by atoms with Crippen molar-refractivity contribution in [2.75, 3.05) is 21.7 Å². The van der Waals surface area contributed by atoms with Crippen LogP contribution in [0.5, 0.6) is 0 Å². The SMILES string of the molecule is CC(=O)Nc1ccc(C2=C(N3CCc4ccccc43)C(=O)N(c3ccc(C)cc3C)C2=O)cc1. The average molecular weight is 452 g/mol. The van der Waals surface area contributed by atoms with Crippen molar-refractivity contribution in [1.82, 2.24) is 0 Å². The molecule has 170 valence electrons. The van der Waals surface area contributed by atoms with E-state index in [1.165, 1.54) is 11.8 Å². The summed E-state index contributed by atoms with van der Waals surface area (Å²) in [6, 6.07) is 20.7. The molecule has 3 aromatic carbocycles. The molecule has 34 heavy (non-hydrogen) atoms. The van der Waals surface area contributed by atoms with Gasteiger partial charge in [-0.05, 0) is 61.2 Å². The van der Waals surface area contributed by atoms with Crippen molar-refractivity contribution in [3.05, 3.63) is 94.7 Å². The van der Waals surface area contributed by atoms with Crippen LogP contribution in [0, 0.1) is 13.8 Å². The van der Waals surface area contributed by atoms with E-state index in [2.05, 4.69) is 11.4 Å². The van der Waals surface area contributed by atoms with E-state index in [1.54, 1.807) is 24.3 Å². The Morgan fingerprint density at radius 3 is 2.32 bits per heavy atom. The van der Waals surface area contributed by atoms with Crippen LogP contribution in [0.15, 0.2) is 72.4 Å². The molecular formula is C28H25N3O3. The summed E-state index contributed by atoms with van der Waals surface area (Å²) in [5.41, 5.74) is 6.66. The molecule has 3 amide bonds. The molecule has 0 atom stereocenters. The van der Waals surface area contributed by atoms with E-state index in [0.29, 0.717) is 34.8 Å². The lowest BCUT2D eigenvalue weighted by Gasteiger charge is -2.22. The lowest BCUT2D eigenvalue weighted by atomic mass is 10.0. The van der Waals surface area contributed by atoms with E-state index in [-0.39, 0.29) is 17.7 Å². The van der Waals surface area contributed by atoms with Gasteiger partial charge in [-0.25, -0.2) is 4.90 Å². The van der Waals surface area contributed by atoms with Crippen LogP contribution < -0.4 is 15.1 Å². The summed E-state index contributed by atoms with van der Waals surface area (Å²) < 4.78 is 0. The highest BCUT2D eigenvalue weighted by atomic mass is 16.2. The largest absolute Gasteiger partial charge is 0.336 e. The number of amides is 3. The van der Waals surface area contributed by atoms with Gasteiger partial charge in [0.25, 0.3) is 11.8 Å². The molecule has 0 saturated carbocycles. The molecule has 0 aliphatic carbocycles. The Bertz CT molecular complexity index is 1370. The van der Waals surface area contributed by atoms with E-state index in [9.17, 15) is 14.4 Å². The number of para-hydroxylation sites is 1. The minimum Gasteiger partial charge on any atom is -0.336 e. The quantitative estimate of drug-likeness (QED) is 0.588. The Hall–Kier alpha value is -4.19. The first-order valence-corrected chi connectivity index (χ1v) is 11.3. The van der Waals surface area contributed by atoms with Crippen molar-refractivity contribution >= 4 is 40.4 Å². The van der Waals surface area contributed by atoms with Crippen molar-refractivity contribution in [3.8, 4) is 0 Å². The number of nitrogens with one attached hydrogen (secondary N) is 1. The molecule has 5 rings (SSSR count). The molecule has 2 aliphatic rings. The van der Waals surface area contributed by atoms with E-state index in [1.807, 2.05) is 55.1 Å². The van der Waals surface area contributed by atoms with Gasteiger partial charge in [0.05, 0.1) is 11.3 Å². The normalized spacial score (nSPS) is 15.3. The predicted octanol–water partition coefficient (Wildman–Crippen LogP) is 4.61. The third-order valence-electron chi connectivity index (χ3n) is 6.30. The van der Waals surface area contributed by atoms with Gasteiger partial charge in [0.1, 0.15) is 5.70 Å². The number of aryl methyl sites for hydroxylation is 2. The van der Waals surface area contributed by atoms with E-state index in [0.717, 1.165) is 28.8 Å². The first kappa shape index (κ1) is 21.6. The summed E-state index contributed by atoms with van der Waals surface area (Å²) >= 11 is 0. The van der Waals surface area contributed by atoms with Gasteiger partial charge in [-0.15, -0.1) is 0 Å². The molecule has 0 radical (unpaired) electrons. The van der Waals surface area contributed by atoms with Gasteiger partial charge in [-0.2, -0.15) is 0 Å². The molecule has 0 unspecified atom stereocenters. The van der Waals surface area contributed by atoms with Crippen molar-refractivity contribution in [3.63, 3.8) is 0 Å². The van der Waals surface area contributed by atoms with Crippen molar-refractivity contribution in [2.45, 2.75) is 27.2 Å². The third-order valence-corrected chi connectivity index (χ3v) is 6.30. The van der Waals surface area contributed by atoms with Gasteiger partial charge >= 0.3 is 0 Å². The second kappa shape index (κ2) is 8.30. The first-order valence-electron chi connectivity index (χ1n) is 11.3. The third kappa shape index (κ3) is 3.57. The number of nitrogens with zero attached hydrogens (tertiary/aromatic N) is 2. The number of rotatable bonds is 4. The highest BCUT2D eigenvalue weighted by Gasteiger charge is 2.44. The zero-order valence-electron chi connectivity index (χ0n) is 19.4. The van der Waals surface area contributed by atoms with Gasteiger partial charge in [-0.3, -0.25) is 14.4 Å². The van der Waals surface area contributed by atoms with E-state index >= 15 is 0 Å². The highest BCUT2D eigenvalue weighted by molar-refractivity contribution is 6.46. The molecule has 0 fully saturated rings. The minimum atomic E-state index is -0.344. The maximum atomic E-state index is 13.9. The molecule has 2 heterocycles. The zero-order chi connectivity index (χ0) is 24.0. The fourth-order valence-electron chi connectivity index (χ4n) is 4.80. The molecule has 0 saturated heterocycles. The van der Waals surface area contributed by atoms with Crippen LogP contribution in [0.4, 0.5) is 17.1 Å². The van der Waals surface area contributed by atoms with Crippen molar-refractivity contribution in [2.24, 2.45) is 0 Å². The minimum absolute atomic E-state index is 0.172. The molecule has 3 aromatic rings. The van der Waals surface area contributed by atoms with Gasteiger partial charge in [0.2, 0.25) is 5.91 Å². The topological polar surface area (TPSA) is 69.7 Å². The smallest absolute Gasteiger partial charge is 0.282 e. The lowest BCUT2D eigenvalue weighted by molar-refractivity contribution is -0.120. The lowest BCUT2D eigenvalue weighted by Crippen LogP contribution is -2.35. The number of fused-ring (bicyclic) bond motifs is 1. The number of benzene rings is 3.